The Hall–Kier alpha value is -4.31. The van der Waals surface area contributed by atoms with Crippen LogP contribution in [0, 0.1) is 5.82 Å². The smallest absolute Gasteiger partial charge is 0.250 e. The van der Waals surface area contributed by atoms with Crippen molar-refractivity contribution in [3.63, 3.8) is 0 Å². The van der Waals surface area contributed by atoms with Gasteiger partial charge in [-0.15, -0.1) is 0 Å². The molecule has 0 bridgehead atoms. The number of nitrogens with zero attached hydrogens (tertiary/aromatic N) is 6. The van der Waals surface area contributed by atoms with Crippen molar-refractivity contribution in [2.75, 3.05) is 57.7 Å². The van der Waals surface area contributed by atoms with E-state index in [9.17, 15) is 4.79 Å². The van der Waals surface area contributed by atoms with Gasteiger partial charge in [-0.3, -0.25) is 19.7 Å². The number of anilines is 2. The van der Waals surface area contributed by atoms with E-state index in [1.54, 1.807) is 37.5 Å². The molecular formula is C35H34ClFN6O2. The van der Waals surface area contributed by atoms with Crippen molar-refractivity contribution in [3.8, 4) is 17.0 Å². The summed E-state index contributed by atoms with van der Waals surface area (Å²) >= 11 is 6.59. The van der Waals surface area contributed by atoms with Crippen molar-refractivity contribution < 1.29 is 13.9 Å². The number of benzene rings is 3. The van der Waals surface area contributed by atoms with Crippen LogP contribution in [0.15, 0.2) is 73.1 Å². The normalized spacial score (nSPS) is 18.5. The zero-order valence-electron chi connectivity index (χ0n) is 25.7. The number of carbonyl (C=O) groups excluding carboxylic acids is 1. The highest BCUT2D eigenvalue weighted by Gasteiger charge is 2.44. The second-order valence-corrected chi connectivity index (χ2v) is 12.5. The quantitative estimate of drug-likeness (QED) is 0.235. The number of likely N-dealkylation sites (N-methyl/N-ethyl adjacent to an activating group) is 2. The number of rotatable bonds is 6. The minimum absolute atomic E-state index is 0.0119. The Morgan fingerprint density at radius 1 is 1.02 bits per heavy atom. The molecule has 1 amide bonds. The number of fused-ring (bicyclic) bond motifs is 6. The van der Waals surface area contributed by atoms with Crippen molar-refractivity contribution in [3.05, 3.63) is 89.5 Å². The van der Waals surface area contributed by atoms with E-state index in [0.29, 0.717) is 41.3 Å². The Labute approximate surface area is 266 Å². The summed E-state index contributed by atoms with van der Waals surface area (Å²) in [6, 6.07) is 19.0. The highest BCUT2D eigenvalue weighted by atomic mass is 35.5. The van der Waals surface area contributed by atoms with E-state index in [0.717, 1.165) is 34.3 Å². The summed E-state index contributed by atoms with van der Waals surface area (Å²) < 4.78 is 21.8. The molecule has 0 N–H and O–H groups in total. The zero-order chi connectivity index (χ0) is 31.4. The standard InChI is InChI=1S/C35H34ClFN6O2/c1-40(2)18-23-19-43-29(20-42(23)17-21-11-13-24(45-4)14-12-21)35(44)41(3)28-16-39-33-26(34(28)43)15-38-32(31(33)37)25-9-5-7-22-8-6-10-27(36)30(22)25/h5-16,23,29H,17-20H2,1-4H3. The fourth-order valence-corrected chi connectivity index (χ4v) is 7.11. The van der Waals surface area contributed by atoms with Gasteiger partial charge in [0.25, 0.3) is 5.91 Å². The molecule has 230 valence electrons. The molecule has 0 aliphatic carbocycles. The fraction of sp³-hybridized carbons (Fsp3) is 0.286. The maximum atomic E-state index is 16.5. The van der Waals surface area contributed by atoms with E-state index in [2.05, 4.69) is 50.9 Å². The largest absolute Gasteiger partial charge is 0.497 e. The molecule has 45 heavy (non-hydrogen) atoms. The first-order chi connectivity index (χ1) is 21.7. The van der Waals surface area contributed by atoms with Gasteiger partial charge in [0.1, 0.15) is 23.0 Å². The average molecular weight is 625 g/mol. The van der Waals surface area contributed by atoms with Crippen molar-refractivity contribution in [2.45, 2.75) is 18.6 Å². The van der Waals surface area contributed by atoms with Gasteiger partial charge < -0.3 is 19.4 Å². The summed E-state index contributed by atoms with van der Waals surface area (Å²) in [5.74, 6) is 0.283. The van der Waals surface area contributed by atoms with E-state index in [-0.39, 0.29) is 23.2 Å². The van der Waals surface area contributed by atoms with Crippen LogP contribution in [0.4, 0.5) is 15.8 Å². The number of ether oxygens (including phenoxy) is 1. The van der Waals surface area contributed by atoms with E-state index >= 15 is 4.39 Å². The third-order valence-corrected chi connectivity index (χ3v) is 9.32. The molecule has 1 saturated heterocycles. The van der Waals surface area contributed by atoms with E-state index in [1.165, 1.54) is 0 Å². The topological polar surface area (TPSA) is 65.0 Å². The van der Waals surface area contributed by atoms with Gasteiger partial charge in [0, 0.05) is 66.8 Å². The maximum Gasteiger partial charge on any atom is 0.250 e. The molecule has 1 fully saturated rings. The van der Waals surface area contributed by atoms with Crippen LogP contribution in [0.1, 0.15) is 5.56 Å². The monoisotopic (exact) mass is 624 g/mol. The minimum atomic E-state index is -0.512. The number of hydrogen-bond acceptors (Lipinski definition) is 7. The fourth-order valence-electron chi connectivity index (χ4n) is 6.82. The van der Waals surface area contributed by atoms with Crippen molar-refractivity contribution >= 4 is 50.6 Å². The lowest BCUT2D eigenvalue weighted by Gasteiger charge is -2.51. The molecule has 2 aliphatic heterocycles. The number of hydrogen-bond donors (Lipinski definition) is 0. The molecule has 2 unspecified atom stereocenters. The highest BCUT2D eigenvalue weighted by Crippen LogP contribution is 2.44. The second-order valence-electron chi connectivity index (χ2n) is 12.1. The molecule has 3 aromatic carbocycles. The van der Waals surface area contributed by atoms with Crippen LogP contribution in [-0.2, 0) is 11.3 Å². The summed E-state index contributed by atoms with van der Waals surface area (Å²) in [4.78, 5) is 31.4. The molecule has 7 rings (SSSR count). The molecule has 2 aliphatic rings. The third-order valence-electron chi connectivity index (χ3n) is 9.01. The minimum Gasteiger partial charge on any atom is -0.497 e. The van der Waals surface area contributed by atoms with Crippen molar-refractivity contribution in [1.29, 1.82) is 0 Å². The summed E-state index contributed by atoms with van der Waals surface area (Å²) in [5.41, 5.74) is 3.61. The Balaban J connectivity index is 1.32. The summed E-state index contributed by atoms with van der Waals surface area (Å²) in [6.45, 7) is 2.60. The summed E-state index contributed by atoms with van der Waals surface area (Å²) in [7, 11) is 7.54. The molecule has 4 heterocycles. The van der Waals surface area contributed by atoms with E-state index in [1.807, 2.05) is 42.5 Å². The number of amides is 1. The number of halogens is 2. The van der Waals surface area contributed by atoms with Crippen molar-refractivity contribution in [2.24, 2.45) is 0 Å². The first-order valence-electron chi connectivity index (χ1n) is 15.0. The van der Waals surface area contributed by atoms with Crippen LogP contribution in [0.5, 0.6) is 5.75 Å². The molecule has 5 aromatic rings. The zero-order valence-corrected chi connectivity index (χ0v) is 26.4. The van der Waals surface area contributed by atoms with E-state index < -0.39 is 11.9 Å². The molecule has 0 saturated carbocycles. The first-order valence-corrected chi connectivity index (χ1v) is 15.3. The van der Waals surface area contributed by atoms with Crippen molar-refractivity contribution in [1.82, 2.24) is 19.8 Å². The molecule has 2 aromatic heterocycles. The first kappa shape index (κ1) is 29.4. The van der Waals surface area contributed by atoms with E-state index in [4.69, 9.17) is 16.3 Å². The van der Waals surface area contributed by atoms with Gasteiger partial charge in [-0.1, -0.05) is 54.1 Å². The van der Waals surface area contributed by atoms with Gasteiger partial charge in [-0.25, -0.2) is 4.39 Å². The van der Waals surface area contributed by atoms with Crippen LogP contribution in [-0.4, -0.2) is 85.6 Å². The molecule has 10 heteroatoms. The summed E-state index contributed by atoms with van der Waals surface area (Å²) in [5, 5.41) is 2.76. The Morgan fingerprint density at radius 3 is 2.51 bits per heavy atom. The molecule has 0 spiro atoms. The van der Waals surface area contributed by atoms with Crippen LogP contribution in [0.3, 0.4) is 0 Å². The van der Waals surface area contributed by atoms with Gasteiger partial charge >= 0.3 is 0 Å². The van der Waals surface area contributed by atoms with Gasteiger partial charge in [-0.05, 0) is 43.2 Å². The molecule has 8 nitrogen and oxygen atoms in total. The van der Waals surface area contributed by atoms with Crippen LogP contribution in [0.25, 0.3) is 32.9 Å². The molecule has 2 atom stereocenters. The van der Waals surface area contributed by atoms with Crippen LogP contribution >= 0.6 is 11.6 Å². The summed E-state index contributed by atoms with van der Waals surface area (Å²) in [6.07, 6.45) is 3.31. The highest BCUT2D eigenvalue weighted by molar-refractivity contribution is 6.36. The second kappa shape index (κ2) is 11.6. The number of methoxy groups -OCH3 is 1. The van der Waals surface area contributed by atoms with Crippen LogP contribution < -0.4 is 14.5 Å². The molecular weight excluding hydrogens is 591 g/mol. The van der Waals surface area contributed by atoms with Gasteiger partial charge in [0.05, 0.1) is 24.7 Å². The molecule has 0 radical (unpaired) electrons. The lowest BCUT2D eigenvalue weighted by atomic mass is 9.97. The maximum absolute atomic E-state index is 16.5. The number of aromatic nitrogens is 2. The number of carbonyl (C=O) groups is 1. The Kier molecular flexibility index (Phi) is 7.55. The SMILES string of the molecule is COc1ccc(CN2CC3C(=O)N(C)c4cnc5c(F)c(-c6cccc7cccc(Cl)c67)ncc5c4N3CC2CN(C)C)cc1. The lowest BCUT2D eigenvalue weighted by molar-refractivity contribution is -0.121. The van der Waals surface area contributed by atoms with Crippen LogP contribution in [0.2, 0.25) is 5.02 Å². The van der Waals surface area contributed by atoms with Gasteiger partial charge in [0.2, 0.25) is 0 Å². The number of piperazine rings is 1. The van der Waals surface area contributed by atoms with Gasteiger partial charge in [-0.2, -0.15) is 0 Å². The Bertz CT molecular complexity index is 1930. The lowest BCUT2D eigenvalue weighted by Crippen LogP contribution is -2.66. The Morgan fingerprint density at radius 2 is 1.78 bits per heavy atom. The third kappa shape index (κ3) is 5.05. The predicted octanol–water partition coefficient (Wildman–Crippen LogP) is 5.85. The predicted molar refractivity (Wildman–Crippen MR) is 178 cm³/mol. The average Bonchev–Trinajstić information content (AvgIpc) is 3.04. The number of pyridine rings is 2. The van der Waals surface area contributed by atoms with Gasteiger partial charge in [0.15, 0.2) is 5.82 Å².